The first kappa shape index (κ1) is 16.4. The maximum absolute atomic E-state index is 13.9. The maximum Gasteiger partial charge on any atom is 0.273 e. The van der Waals surface area contributed by atoms with Crippen LogP contribution in [0.25, 0.3) is 0 Å². The van der Waals surface area contributed by atoms with Crippen molar-refractivity contribution in [2.45, 2.75) is 31.4 Å². The molecule has 23 heavy (non-hydrogen) atoms. The van der Waals surface area contributed by atoms with Crippen molar-refractivity contribution >= 4 is 22.8 Å². The fourth-order valence-electron chi connectivity index (χ4n) is 2.81. The molecular formula is C16H18F2N2O2S. The lowest BCUT2D eigenvalue weighted by atomic mass is 9.93. The lowest BCUT2D eigenvalue weighted by Gasteiger charge is -2.29. The Labute approximate surface area is 137 Å². The van der Waals surface area contributed by atoms with Crippen LogP contribution >= 0.6 is 11.8 Å². The van der Waals surface area contributed by atoms with Crippen molar-refractivity contribution in [3.63, 3.8) is 0 Å². The number of rotatable bonds is 3. The summed E-state index contributed by atoms with van der Waals surface area (Å²) in [4.78, 5) is 16.5. The molecule has 124 valence electrons. The van der Waals surface area contributed by atoms with Gasteiger partial charge in [-0.25, -0.2) is 8.78 Å². The van der Waals surface area contributed by atoms with E-state index in [1.807, 2.05) is 6.07 Å². The number of fused-ring (bicyclic) bond motifs is 1. The first-order valence-corrected chi connectivity index (χ1v) is 8.56. The summed E-state index contributed by atoms with van der Waals surface area (Å²) in [7, 11) is 0. The van der Waals surface area contributed by atoms with Gasteiger partial charge in [-0.1, -0.05) is 36.9 Å². The Hall–Kier alpha value is -1.47. The molecule has 2 aliphatic heterocycles. The number of thioether (sulfide) groups is 1. The molecule has 1 saturated heterocycles. The molecule has 3 unspecified atom stereocenters. The molecule has 1 N–H and O–H groups in total. The van der Waals surface area contributed by atoms with Gasteiger partial charge < -0.3 is 10.1 Å². The molecule has 3 rings (SSSR count). The summed E-state index contributed by atoms with van der Waals surface area (Å²) >= 11 is 1.30. The van der Waals surface area contributed by atoms with E-state index in [0.717, 1.165) is 0 Å². The number of carbonyl (C=O) groups is 1. The van der Waals surface area contributed by atoms with E-state index >= 15 is 0 Å². The molecular weight excluding hydrogens is 322 g/mol. The lowest BCUT2D eigenvalue weighted by molar-refractivity contribution is -0.128. The monoisotopic (exact) mass is 340 g/mol. The highest BCUT2D eigenvalue weighted by atomic mass is 32.2. The van der Waals surface area contributed by atoms with Gasteiger partial charge in [-0.3, -0.25) is 9.79 Å². The highest BCUT2D eigenvalue weighted by Crippen LogP contribution is 2.40. The Bertz CT molecular complexity index is 609. The second kappa shape index (κ2) is 6.57. The van der Waals surface area contributed by atoms with Crippen LogP contribution in [-0.2, 0) is 4.74 Å². The average Bonchev–Trinajstić information content (AvgIpc) is 2.99. The minimum atomic E-state index is -2.83. The molecule has 7 heteroatoms. The molecule has 0 aliphatic carbocycles. The van der Waals surface area contributed by atoms with Gasteiger partial charge in [-0.15, -0.1) is 0 Å². The number of nitrogens with zero attached hydrogens (tertiary/aromatic N) is 1. The van der Waals surface area contributed by atoms with Crippen LogP contribution in [-0.4, -0.2) is 41.5 Å². The summed E-state index contributed by atoms with van der Waals surface area (Å²) < 4.78 is 33.1. The summed E-state index contributed by atoms with van der Waals surface area (Å²) in [6, 6.07) is 8.50. The highest BCUT2D eigenvalue weighted by molar-refractivity contribution is 8.13. The number of carbonyl (C=O) groups excluding carboxylic acids is 1. The van der Waals surface area contributed by atoms with Crippen LogP contribution in [0.4, 0.5) is 8.78 Å². The summed E-state index contributed by atoms with van der Waals surface area (Å²) in [5, 5.41) is 3.22. The van der Waals surface area contributed by atoms with Crippen molar-refractivity contribution in [2.75, 3.05) is 12.4 Å². The second-order valence-corrected chi connectivity index (χ2v) is 6.67. The Balaban J connectivity index is 1.67. The average molecular weight is 340 g/mol. The first-order chi connectivity index (χ1) is 11.0. The number of benzene rings is 1. The summed E-state index contributed by atoms with van der Waals surface area (Å²) in [6.07, 6.45) is -1.33. The minimum Gasteiger partial charge on any atom is -0.369 e. The van der Waals surface area contributed by atoms with Gasteiger partial charge in [-0.05, 0) is 12.1 Å². The fourth-order valence-corrected chi connectivity index (χ4v) is 3.93. The number of amidine groups is 1. The molecule has 0 spiro atoms. The SMILES string of the molecule is CCC(F)(F)C1OCC2N=C(NC(=O)c3ccccc3)SCC21. The maximum atomic E-state index is 13.9. The van der Waals surface area contributed by atoms with Crippen LogP contribution in [0.15, 0.2) is 35.3 Å². The van der Waals surface area contributed by atoms with Gasteiger partial charge in [0.05, 0.1) is 12.6 Å². The third kappa shape index (κ3) is 3.40. The zero-order chi connectivity index (χ0) is 16.4. The normalized spacial score (nSPS) is 27.3. The Morgan fingerprint density at radius 3 is 2.87 bits per heavy atom. The van der Waals surface area contributed by atoms with E-state index in [2.05, 4.69) is 10.3 Å². The number of hydrogen-bond donors (Lipinski definition) is 1. The van der Waals surface area contributed by atoms with Crippen molar-refractivity contribution in [1.29, 1.82) is 0 Å². The first-order valence-electron chi connectivity index (χ1n) is 7.57. The zero-order valence-electron chi connectivity index (χ0n) is 12.7. The Morgan fingerprint density at radius 2 is 2.17 bits per heavy atom. The molecule has 0 radical (unpaired) electrons. The summed E-state index contributed by atoms with van der Waals surface area (Å²) in [5.74, 6) is -2.92. The largest absolute Gasteiger partial charge is 0.369 e. The van der Waals surface area contributed by atoms with Crippen molar-refractivity contribution in [3.05, 3.63) is 35.9 Å². The van der Waals surface area contributed by atoms with Gasteiger partial charge in [0.2, 0.25) is 0 Å². The quantitative estimate of drug-likeness (QED) is 0.920. The van der Waals surface area contributed by atoms with Crippen LogP contribution in [0, 0.1) is 5.92 Å². The van der Waals surface area contributed by atoms with E-state index < -0.39 is 12.0 Å². The van der Waals surface area contributed by atoms with E-state index in [4.69, 9.17) is 4.74 Å². The molecule has 1 aromatic rings. The Morgan fingerprint density at radius 1 is 1.43 bits per heavy atom. The van der Waals surface area contributed by atoms with E-state index in [9.17, 15) is 13.6 Å². The highest BCUT2D eigenvalue weighted by Gasteiger charge is 2.51. The van der Waals surface area contributed by atoms with Gasteiger partial charge in [0, 0.05) is 23.7 Å². The molecule has 1 aromatic carbocycles. The van der Waals surface area contributed by atoms with Gasteiger partial charge in [0.25, 0.3) is 11.8 Å². The van der Waals surface area contributed by atoms with Gasteiger partial charge >= 0.3 is 0 Å². The zero-order valence-corrected chi connectivity index (χ0v) is 13.5. The number of alkyl halides is 2. The number of nitrogens with one attached hydrogen (secondary N) is 1. The van der Waals surface area contributed by atoms with E-state index in [-0.39, 0.29) is 30.9 Å². The van der Waals surface area contributed by atoms with Crippen molar-refractivity contribution in [1.82, 2.24) is 5.32 Å². The summed E-state index contributed by atoms with van der Waals surface area (Å²) in [6.45, 7) is 1.64. The number of hydrogen-bond acceptors (Lipinski definition) is 4. The van der Waals surface area contributed by atoms with Crippen LogP contribution < -0.4 is 5.32 Å². The molecule has 0 aromatic heterocycles. The Kier molecular flexibility index (Phi) is 4.68. The van der Waals surface area contributed by atoms with Gasteiger partial charge in [0.15, 0.2) is 5.17 Å². The van der Waals surface area contributed by atoms with Crippen LogP contribution in [0.5, 0.6) is 0 Å². The minimum absolute atomic E-state index is 0.177. The van der Waals surface area contributed by atoms with Crippen molar-refractivity contribution in [3.8, 4) is 0 Å². The lowest BCUT2D eigenvalue weighted by Crippen LogP contribution is -2.43. The van der Waals surface area contributed by atoms with Crippen LogP contribution in [0.2, 0.25) is 0 Å². The number of amides is 1. The van der Waals surface area contributed by atoms with Crippen LogP contribution in [0.1, 0.15) is 23.7 Å². The smallest absolute Gasteiger partial charge is 0.273 e. The molecule has 3 atom stereocenters. The molecule has 1 amide bonds. The third-order valence-corrected chi connectivity index (χ3v) is 5.20. The van der Waals surface area contributed by atoms with Gasteiger partial charge in [0.1, 0.15) is 6.10 Å². The molecule has 2 aliphatic rings. The second-order valence-electron chi connectivity index (χ2n) is 5.67. The molecule has 4 nitrogen and oxygen atoms in total. The van der Waals surface area contributed by atoms with Crippen molar-refractivity contribution in [2.24, 2.45) is 10.9 Å². The number of halogens is 2. The summed E-state index contributed by atoms with van der Waals surface area (Å²) in [5.41, 5.74) is 0.538. The predicted octanol–water partition coefficient (Wildman–Crippen LogP) is 2.95. The topological polar surface area (TPSA) is 50.7 Å². The molecule has 2 heterocycles. The number of ether oxygens (including phenoxy) is 1. The van der Waals surface area contributed by atoms with Crippen LogP contribution in [0.3, 0.4) is 0 Å². The van der Waals surface area contributed by atoms with Gasteiger partial charge in [-0.2, -0.15) is 0 Å². The molecule has 0 saturated carbocycles. The molecule has 0 bridgehead atoms. The fraction of sp³-hybridized carbons (Fsp3) is 0.500. The molecule has 1 fully saturated rings. The standard InChI is InChI=1S/C16H18F2N2O2S/c1-2-16(17,18)13-11-9-23-15(19-12(11)8-22-13)20-14(21)10-6-4-3-5-7-10/h3-7,11-13H,2,8-9H2,1H3,(H,19,20,21). The third-order valence-electron chi connectivity index (χ3n) is 4.17. The number of aliphatic imine (C=N–C) groups is 1. The van der Waals surface area contributed by atoms with E-state index in [1.54, 1.807) is 24.3 Å². The van der Waals surface area contributed by atoms with Crippen molar-refractivity contribution < 1.29 is 18.3 Å². The van der Waals surface area contributed by atoms with E-state index in [1.165, 1.54) is 18.7 Å². The predicted molar refractivity (Wildman–Crippen MR) is 86.1 cm³/mol. The van der Waals surface area contributed by atoms with E-state index in [0.29, 0.717) is 16.5 Å².